The van der Waals surface area contributed by atoms with E-state index in [0.29, 0.717) is 30.5 Å². The zero-order chi connectivity index (χ0) is 19.8. The second-order valence-corrected chi connectivity index (χ2v) is 6.91. The molecule has 1 aromatic heterocycles. The Morgan fingerprint density at radius 3 is 2.63 bits per heavy atom. The number of phenols is 1. The van der Waals surface area contributed by atoms with Gasteiger partial charge in [0.05, 0.1) is 23.4 Å². The second kappa shape index (κ2) is 6.84. The van der Waals surface area contributed by atoms with Crippen LogP contribution in [0.4, 0.5) is 19.0 Å². The number of anilines is 1. The zero-order valence-electron chi connectivity index (χ0n) is 15.0. The van der Waals surface area contributed by atoms with E-state index in [0.717, 1.165) is 12.5 Å². The predicted molar refractivity (Wildman–Crippen MR) is 96.9 cm³/mol. The van der Waals surface area contributed by atoms with E-state index in [1.165, 1.54) is 6.92 Å². The van der Waals surface area contributed by atoms with Gasteiger partial charge in [0.25, 0.3) is 0 Å². The third-order valence-electron chi connectivity index (χ3n) is 4.57. The number of halogens is 3. The van der Waals surface area contributed by atoms with Crippen LogP contribution >= 0.6 is 0 Å². The molecule has 3 rings (SSSR count). The highest BCUT2D eigenvalue weighted by atomic mass is 19.4. The van der Waals surface area contributed by atoms with Crippen molar-refractivity contribution in [3.63, 3.8) is 0 Å². The van der Waals surface area contributed by atoms with Gasteiger partial charge in [-0.1, -0.05) is 0 Å². The van der Waals surface area contributed by atoms with Crippen LogP contribution in [0.3, 0.4) is 0 Å². The molecule has 2 heterocycles. The predicted octanol–water partition coefficient (Wildman–Crippen LogP) is 3.96. The second-order valence-electron chi connectivity index (χ2n) is 6.91. The summed E-state index contributed by atoms with van der Waals surface area (Å²) in [5.74, 6) is -0.316. The van der Waals surface area contributed by atoms with Gasteiger partial charge in [0.1, 0.15) is 11.6 Å². The summed E-state index contributed by atoms with van der Waals surface area (Å²) in [7, 11) is 0. The Kier molecular flexibility index (Phi) is 4.86. The van der Waals surface area contributed by atoms with Crippen LogP contribution in [0.2, 0.25) is 0 Å². The van der Waals surface area contributed by atoms with Crippen molar-refractivity contribution < 1.29 is 23.0 Å². The van der Waals surface area contributed by atoms with Crippen molar-refractivity contribution >= 4 is 12.0 Å². The smallest absolute Gasteiger partial charge is 0.416 e. The molecule has 1 aliphatic heterocycles. The first-order valence-corrected chi connectivity index (χ1v) is 8.40. The van der Waals surface area contributed by atoms with Gasteiger partial charge in [-0.15, -0.1) is 0 Å². The normalized spacial score (nSPS) is 20.5. The Balaban J connectivity index is 1.93. The standard InChI is InChI=1S/C19H20F3N3O2/c1-11-7-13(19(20,21)22)8-15(26)16(11)14-4-3-12(17(23)25-14)9-24-18(2)5-6-27-10-18/h3-4,7-9,26H,5-6,10H2,1-2H3,(H2,23,25). The number of benzene rings is 1. The summed E-state index contributed by atoms with van der Waals surface area (Å²) >= 11 is 0. The molecule has 1 atom stereocenters. The first-order chi connectivity index (χ1) is 12.6. The van der Waals surface area contributed by atoms with Crippen LogP contribution in [0, 0.1) is 6.92 Å². The maximum atomic E-state index is 12.9. The number of aliphatic imine (C=N–C) groups is 1. The van der Waals surface area contributed by atoms with E-state index < -0.39 is 17.5 Å². The number of aromatic hydroxyl groups is 1. The molecular weight excluding hydrogens is 359 g/mol. The van der Waals surface area contributed by atoms with Crippen molar-refractivity contribution in [2.24, 2.45) is 4.99 Å². The molecule has 5 nitrogen and oxygen atoms in total. The molecule has 144 valence electrons. The number of ether oxygens (including phenoxy) is 1. The molecule has 1 aliphatic rings. The quantitative estimate of drug-likeness (QED) is 0.791. The molecule has 0 bridgehead atoms. The molecule has 27 heavy (non-hydrogen) atoms. The number of phenolic OH excluding ortho intramolecular Hbond substituents is 1. The van der Waals surface area contributed by atoms with E-state index in [1.54, 1.807) is 18.3 Å². The van der Waals surface area contributed by atoms with Crippen LogP contribution < -0.4 is 5.73 Å². The Labute approximate surface area is 154 Å². The Hall–Kier alpha value is -2.61. The van der Waals surface area contributed by atoms with E-state index in [1.807, 2.05) is 6.92 Å². The summed E-state index contributed by atoms with van der Waals surface area (Å²) in [6.07, 6.45) is -2.10. The molecule has 0 amide bonds. The molecule has 1 fully saturated rings. The van der Waals surface area contributed by atoms with Crippen molar-refractivity contribution in [1.29, 1.82) is 0 Å². The first-order valence-electron chi connectivity index (χ1n) is 8.40. The maximum absolute atomic E-state index is 12.9. The topological polar surface area (TPSA) is 80.7 Å². The van der Waals surface area contributed by atoms with Crippen molar-refractivity contribution in [2.75, 3.05) is 18.9 Å². The van der Waals surface area contributed by atoms with E-state index >= 15 is 0 Å². The van der Waals surface area contributed by atoms with Crippen LogP contribution in [0.1, 0.15) is 30.0 Å². The van der Waals surface area contributed by atoms with Gasteiger partial charge in [-0.2, -0.15) is 13.2 Å². The summed E-state index contributed by atoms with van der Waals surface area (Å²) in [5, 5.41) is 10.1. The van der Waals surface area contributed by atoms with Gasteiger partial charge in [-0.3, -0.25) is 4.99 Å². The molecule has 1 saturated heterocycles. The van der Waals surface area contributed by atoms with Crippen LogP contribution in [0.25, 0.3) is 11.3 Å². The van der Waals surface area contributed by atoms with Gasteiger partial charge < -0.3 is 15.6 Å². The SMILES string of the molecule is Cc1cc(C(F)(F)F)cc(O)c1-c1ccc(C=NC2(C)CCOC2)c(N)n1. The minimum atomic E-state index is -4.53. The number of aryl methyl sites for hydroxylation is 1. The molecule has 1 aromatic carbocycles. The zero-order valence-corrected chi connectivity index (χ0v) is 15.0. The molecular formula is C19H20F3N3O2. The van der Waals surface area contributed by atoms with Gasteiger partial charge in [-0.05, 0) is 50.1 Å². The summed E-state index contributed by atoms with van der Waals surface area (Å²) in [6.45, 7) is 4.66. The first kappa shape index (κ1) is 19.2. The number of hydrogen-bond acceptors (Lipinski definition) is 5. The van der Waals surface area contributed by atoms with Crippen LogP contribution in [-0.4, -0.2) is 35.1 Å². The molecule has 0 radical (unpaired) electrons. The van der Waals surface area contributed by atoms with Crippen LogP contribution in [0.15, 0.2) is 29.3 Å². The lowest BCUT2D eigenvalue weighted by atomic mass is 9.99. The minimum absolute atomic E-state index is 0.178. The van der Waals surface area contributed by atoms with Gasteiger partial charge in [-0.25, -0.2) is 4.98 Å². The third kappa shape index (κ3) is 4.05. The molecule has 1 unspecified atom stereocenters. The van der Waals surface area contributed by atoms with Gasteiger partial charge in [0.2, 0.25) is 0 Å². The van der Waals surface area contributed by atoms with E-state index in [9.17, 15) is 18.3 Å². The maximum Gasteiger partial charge on any atom is 0.416 e. The number of nitrogens with two attached hydrogens (primary N) is 1. The van der Waals surface area contributed by atoms with Crippen LogP contribution in [-0.2, 0) is 10.9 Å². The van der Waals surface area contributed by atoms with Crippen molar-refractivity contribution in [3.8, 4) is 17.0 Å². The summed E-state index contributed by atoms with van der Waals surface area (Å²) < 4.78 is 44.0. The highest BCUT2D eigenvalue weighted by molar-refractivity contribution is 5.87. The Morgan fingerprint density at radius 1 is 1.33 bits per heavy atom. The van der Waals surface area contributed by atoms with Crippen molar-refractivity contribution in [2.45, 2.75) is 32.0 Å². The molecule has 8 heteroatoms. The lowest BCUT2D eigenvalue weighted by Gasteiger charge is -2.16. The van der Waals surface area contributed by atoms with Crippen LogP contribution in [0.5, 0.6) is 5.75 Å². The number of alkyl halides is 3. The minimum Gasteiger partial charge on any atom is -0.507 e. The molecule has 2 aromatic rings. The average molecular weight is 379 g/mol. The molecule has 0 aliphatic carbocycles. The summed E-state index contributed by atoms with van der Waals surface area (Å²) in [4.78, 5) is 8.76. The molecule has 3 N–H and O–H groups in total. The number of pyridine rings is 1. The fourth-order valence-electron chi connectivity index (χ4n) is 2.98. The van der Waals surface area contributed by atoms with Crippen molar-refractivity contribution in [3.05, 3.63) is 41.0 Å². The summed E-state index contributed by atoms with van der Waals surface area (Å²) in [6, 6.07) is 4.94. The Morgan fingerprint density at radius 2 is 2.07 bits per heavy atom. The number of rotatable bonds is 3. The summed E-state index contributed by atoms with van der Waals surface area (Å²) in [5.41, 5.74) is 6.14. The molecule has 0 saturated carbocycles. The van der Waals surface area contributed by atoms with E-state index in [-0.39, 0.29) is 22.5 Å². The van der Waals surface area contributed by atoms with Gasteiger partial charge in [0, 0.05) is 23.9 Å². The fraction of sp³-hybridized carbons (Fsp3) is 0.368. The highest BCUT2D eigenvalue weighted by Gasteiger charge is 2.32. The number of nitrogen functional groups attached to an aromatic ring is 1. The average Bonchev–Trinajstić information content (AvgIpc) is 2.99. The number of nitrogens with zero attached hydrogens (tertiary/aromatic N) is 2. The highest BCUT2D eigenvalue weighted by Crippen LogP contribution is 2.38. The monoisotopic (exact) mass is 379 g/mol. The van der Waals surface area contributed by atoms with Crippen molar-refractivity contribution in [1.82, 2.24) is 4.98 Å². The third-order valence-corrected chi connectivity index (χ3v) is 4.57. The lowest BCUT2D eigenvalue weighted by Crippen LogP contribution is -2.21. The van der Waals surface area contributed by atoms with E-state index in [4.69, 9.17) is 10.5 Å². The lowest BCUT2D eigenvalue weighted by molar-refractivity contribution is -0.137. The number of hydrogen-bond donors (Lipinski definition) is 2. The van der Waals surface area contributed by atoms with E-state index in [2.05, 4.69) is 9.98 Å². The largest absolute Gasteiger partial charge is 0.507 e. The molecule has 0 spiro atoms. The Bertz CT molecular complexity index is 865. The van der Waals surface area contributed by atoms with Gasteiger partial charge >= 0.3 is 6.18 Å². The fourth-order valence-corrected chi connectivity index (χ4v) is 2.98. The number of aromatic nitrogens is 1. The van der Waals surface area contributed by atoms with Gasteiger partial charge in [0.15, 0.2) is 0 Å².